The molecule has 1 saturated carbocycles. The van der Waals surface area contributed by atoms with Crippen LogP contribution in [0, 0.1) is 11.8 Å². The Balaban J connectivity index is 1.91. The maximum atomic E-state index is 12.2. The van der Waals surface area contributed by atoms with E-state index in [-0.39, 0.29) is 17.7 Å². The van der Waals surface area contributed by atoms with Crippen LogP contribution >= 0.6 is 0 Å². The van der Waals surface area contributed by atoms with Crippen LogP contribution in [0.4, 0.5) is 0 Å². The molecule has 114 valence electrons. The van der Waals surface area contributed by atoms with Gasteiger partial charge in [-0.1, -0.05) is 19.4 Å². The second-order valence-electron chi connectivity index (χ2n) is 5.58. The Morgan fingerprint density at radius 1 is 1.38 bits per heavy atom. The summed E-state index contributed by atoms with van der Waals surface area (Å²) in [6, 6.07) is 3.90. The number of carboxylic acids is 1. The molecule has 2 N–H and O–H groups in total. The van der Waals surface area contributed by atoms with E-state index in [0.29, 0.717) is 19.4 Å². The maximum absolute atomic E-state index is 12.2. The minimum absolute atomic E-state index is 0.0475. The highest BCUT2D eigenvalue weighted by atomic mass is 16.4. The first-order valence-corrected chi connectivity index (χ1v) is 7.55. The Labute approximate surface area is 124 Å². The Morgan fingerprint density at radius 3 is 2.86 bits per heavy atom. The normalized spacial score (nSPS) is 21.8. The number of aliphatic carboxylic acids is 1. The van der Waals surface area contributed by atoms with E-state index < -0.39 is 5.97 Å². The van der Waals surface area contributed by atoms with Gasteiger partial charge in [0.25, 0.3) is 0 Å². The van der Waals surface area contributed by atoms with Gasteiger partial charge in [0.05, 0.1) is 18.2 Å². The van der Waals surface area contributed by atoms with Gasteiger partial charge in [-0.2, -0.15) is 0 Å². The molecule has 0 radical (unpaired) electrons. The monoisotopic (exact) mass is 290 g/mol. The van der Waals surface area contributed by atoms with E-state index in [4.69, 9.17) is 5.11 Å². The highest BCUT2D eigenvalue weighted by Crippen LogP contribution is 2.29. The molecule has 0 spiro atoms. The average Bonchev–Trinajstić information content (AvgIpc) is 2.52. The second-order valence-corrected chi connectivity index (χ2v) is 5.58. The van der Waals surface area contributed by atoms with E-state index in [1.54, 1.807) is 6.20 Å². The lowest BCUT2D eigenvalue weighted by molar-refractivity contribution is -0.144. The van der Waals surface area contributed by atoms with E-state index >= 15 is 0 Å². The molecule has 0 saturated heterocycles. The zero-order chi connectivity index (χ0) is 15.2. The molecule has 0 bridgehead atoms. The van der Waals surface area contributed by atoms with E-state index in [0.717, 1.165) is 30.5 Å². The van der Waals surface area contributed by atoms with E-state index in [1.807, 2.05) is 12.1 Å². The number of aryl methyl sites for hydroxylation is 1. The number of pyridine rings is 1. The predicted octanol–water partition coefficient (Wildman–Crippen LogP) is 2.15. The molecular formula is C16H22N2O3. The fraction of sp³-hybridized carbons (Fsp3) is 0.562. The average molecular weight is 290 g/mol. The Morgan fingerprint density at radius 2 is 2.14 bits per heavy atom. The highest BCUT2D eigenvalue weighted by Gasteiger charge is 2.30. The molecule has 1 fully saturated rings. The molecule has 1 aromatic rings. The lowest BCUT2D eigenvalue weighted by Gasteiger charge is -2.25. The Hall–Kier alpha value is -1.91. The van der Waals surface area contributed by atoms with Crippen molar-refractivity contribution >= 4 is 11.9 Å². The largest absolute Gasteiger partial charge is 0.481 e. The third-order valence-electron chi connectivity index (χ3n) is 4.19. The van der Waals surface area contributed by atoms with E-state index in [9.17, 15) is 9.59 Å². The van der Waals surface area contributed by atoms with Gasteiger partial charge in [0, 0.05) is 12.1 Å². The highest BCUT2D eigenvalue weighted by molar-refractivity contribution is 5.80. The van der Waals surface area contributed by atoms with Crippen LogP contribution in [-0.2, 0) is 22.6 Å². The Kier molecular flexibility index (Phi) is 5.31. The number of carboxylic acid groups (broad SMARTS) is 1. The molecule has 5 heteroatoms. The number of carbonyl (C=O) groups is 2. The van der Waals surface area contributed by atoms with Crippen molar-refractivity contribution in [1.82, 2.24) is 10.3 Å². The van der Waals surface area contributed by atoms with Gasteiger partial charge in [0.1, 0.15) is 0 Å². The van der Waals surface area contributed by atoms with Gasteiger partial charge < -0.3 is 10.4 Å². The van der Waals surface area contributed by atoms with Crippen LogP contribution in [0.25, 0.3) is 0 Å². The molecule has 0 aromatic carbocycles. The summed E-state index contributed by atoms with van der Waals surface area (Å²) < 4.78 is 0. The molecule has 21 heavy (non-hydrogen) atoms. The van der Waals surface area contributed by atoms with Crippen molar-refractivity contribution in [2.75, 3.05) is 0 Å². The van der Waals surface area contributed by atoms with Crippen molar-refractivity contribution in [3.8, 4) is 0 Å². The summed E-state index contributed by atoms with van der Waals surface area (Å²) in [5, 5.41) is 12.0. The lowest BCUT2D eigenvalue weighted by atomic mass is 9.81. The first-order chi connectivity index (χ1) is 10.1. The van der Waals surface area contributed by atoms with Gasteiger partial charge in [-0.05, 0) is 37.3 Å². The van der Waals surface area contributed by atoms with Crippen LogP contribution in [0.5, 0.6) is 0 Å². The maximum Gasteiger partial charge on any atom is 0.306 e. The SMILES string of the molecule is CCc1cccnc1CNC(=O)C1CCCC(C(=O)O)C1. The molecule has 2 rings (SSSR count). The van der Waals surface area contributed by atoms with Crippen molar-refractivity contribution in [3.05, 3.63) is 29.6 Å². The van der Waals surface area contributed by atoms with E-state index in [2.05, 4.69) is 17.2 Å². The standard InChI is InChI=1S/C16H22N2O3/c1-2-11-7-4-8-17-14(11)10-18-15(19)12-5-3-6-13(9-12)16(20)21/h4,7-8,12-13H,2-3,5-6,9-10H2,1H3,(H,18,19)(H,20,21). The number of hydrogen-bond donors (Lipinski definition) is 2. The van der Waals surface area contributed by atoms with Gasteiger partial charge in [0.15, 0.2) is 0 Å². The molecule has 1 aromatic heterocycles. The summed E-state index contributed by atoms with van der Waals surface area (Å²) in [5.41, 5.74) is 2.02. The lowest BCUT2D eigenvalue weighted by Crippen LogP contribution is -2.35. The number of nitrogens with one attached hydrogen (secondary N) is 1. The number of nitrogens with zero attached hydrogens (tertiary/aromatic N) is 1. The molecule has 1 heterocycles. The first-order valence-electron chi connectivity index (χ1n) is 7.55. The molecule has 1 amide bonds. The van der Waals surface area contributed by atoms with Gasteiger partial charge in [-0.15, -0.1) is 0 Å². The van der Waals surface area contributed by atoms with Gasteiger partial charge in [-0.25, -0.2) is 0 Å². The summed E-state index contributed by atoms with van der Waals surface area (Å²) in [6.45, 7) is 2.47. The van der Waals surface area contributed by atoms with Crippen molar-refractivity contribution in [2.24, 2.45) is 11.8 Å². The number of rotatable bonds is 5. The summed E-state index contributed by atoms with van der Waals surface area (Å²) >= 11 is 0. The molecule has 2 atom stereocenters. The predicted molar refractivity (Wildman–Crippen MR) is 78.5 cm³/mol. The van der Waals surface area contributed by atoms with Crippen molar-refractivity contribution in [1.29, 1.82) is 0 Å². The zero-order valence-corrected chi connectivity index (χ0v) is 12.3. The van der Waals surface area contributed by atoms with Crippen LogP contribution in [-0.4, -0.2) is 22.0 Å². The molecule has 5 nitrogen and oxygen atoms in total. The van der Waals surface area contributed by atoms with Crippen LogP contribution in [0.2, 0.25) is 0 Å². The summed E-state index contributed by atoms with van der Waals surface area (Å²) in [4.78, 5) is 27.6. The van der Waals surface area contributed by atoms with Gasteiger partial charge in [0.2, 0.25) is 5.91 Å². The fourth-order valence-corrected chi connectivity index (χ4v) is 2.92. The number of aromatic nitrogens is 1. The van der Waals surface area contributed by atoms with Crippen LogP contribution in [0.15, 0.2) is 18.3 Å². The first kappa shape index (κ1) is 15.5. The van der Waals surface area contributed by atoms with Crippen LogP contribution in [0.1, 0.15) is 43.9 Å². The summed E-state index contributed by atoms with van der Waals surface area (Å²) in [5.74, 6) is -1.40. The Bertz CT molecular complexity index is 516. The molecular weight excluding hydrogens is 268 g/mol. The fourth-order valence-electron chi connectivity index (χ4n) is 2.92. The third-order valence-corrected chi connectivity index (χ3v) is 4.19. The smallest absolute Gasteiger partial charge is 0.306 e. The quantitative estimate of drug-likeness (QED) is 0.871. The molecule has 1 aliphatic rings. The number of carbonyl (C=O) groups excluding carboxylic acids is 1. The number of amides is 1. The minimum Gasteiger partial charge on any atom is -0.481 e. The molecule has 2 unspecified atom stereocenters. The van der Waals surface area contributed by atoms with Gasteiger partial charge in [-0.3, -0.25) is 14.6 Å². The summed E-state index contributed by atoms with van der Waals surface area (Å²) in [7, 11) is 0. The topological polar surface area (TPSA) is 79.3 Å². The molecule has 1 aliphatic carbocycles. The second kappa shape index (κ2) is 7.20. The minimum atomic E-state index is -0.787. The van der Waals surface area contributed by atoms with Crippen molar-refractivity contribution in [3.63, 3.8) is 0 Å². The van der Waals surface area contributed by atoms with Crippen molar-refractivity contribution in [2.45, 2.75) is 45.6 Å². The summed E-state index contributed by atoms with van der Waals surface area (Å²) in [6.07, 6.45) is 5.31. The van der Waals surface area contributed by atoms with Crippen LogP contribution in [0.3, 0.4) is 0 Å². The van der Waals surface area contributed by atoms with Crippen LogP contribution < -0.4 is 5.32 Å². The number of hydrogen-bond acceptors (Lipinski definition) is 3. The molecule has 0 aliphatic heterocycles. The van der Waals surface area contributed by atoms with Gasteiger partial charge >= 0.3 is 5.97 Å². The van der Waals surface area contributed by atoms with E-state index in [1.165, 1.54) is 0 Å². The van der Waals surface area contributed by atoms with Crippen molar-refractivity contribution < 1.29 is 14.7 Å². The zero-order valence-electron chi connectivity index (χ0n) is 12.3. The third kappa shape index (κ3) is 4.03.